The Bertz CT molecular complexity index is 1150. The molecule has 8 nitrogen and oxygen atoms in total. The van der Waals surface area contributed by atoms with Gasteiger partial charge in [-0.05, 0) is 42.8 Å². The summed E-state index contributed by atoms with van der Waals surface area (Å²) >= 11 is 0. The van der Waals surface area contributed by atoms with Gasteiger partial charge in [-0.15, -0.1) is 5.10 Å². The minimum atomic E-state index is -0.364. The summed E-state index contributed by atoms with van der Waals surface area (Å²) in [4.78, 5) is 12.4. The Labute approximate surface area is 172 Å². The molecule has 0 unspecified atom stereocenters. The lowest BCUT2D eigenvalue weighted by Gasteiger charge is -2.06. The van der Waals surface area contributed by atoms with Crippen molar-refractivity contribution in [2.75, 3.05) is 19.0 Å². The Morgan fingerprint density at radius 3 is 2.70 bits per heavy atom. The Kier molecular flexibility index (Phi) is 5.65. The molecule has 0 aliphatic heterocycles. The van der Waals surface area contributed by atoms with Gasteiger partial charge in [0.25, 0.3) is 11.8 Å². The molecule has 8 heteroatoms. The molecule has 4 rings (SSSR count). The third-order valence-corrected chi connectivity index (χ3v) is 4.47. The molecular formula is C22H21N3O5. The first-order chi connectivity index (χ1) is 14.7. The van der Waals surface area contributed by atoms with E-state index < -0.39 is 0 Å². The first-order valence-corrected chi connectivity index (χ1v) is 9.62. The number of para-hydroxylation sites is 1. The summed E-state index contributed by atoms with van der Waals surface area (Å²) in [5, 5.41) is 11.3. The molecule has 2 aromatic heterocycles. The van der Waals surface area contributed by atoms with Crippen LogP contribution in [0.25, 0.3) is 22.6 Å². The van der Waals surface area contributed by atoms with Gasteiger partial charge >= 0.3 is 6.01 Å². The molecule has 2 aromatic carbocycles. The van der Waals surface area contributed by atoms with Crippen LogP contribution in [0.1, 0.15) is 30.1 Å². The average molecular weight is 407 g/mol. The lowest BCUT2D eigenvalue weighted by Crippen LogP contribution is -2.12. The number of unbranched alkanes of at least 4 members (excludes halogenated alkanes) is 1. The summed E-state index contributed by atoms with van der Waals surface area (Å²) in [5.41, 5.74) is 1.03. The zero-order valence-electron chi connectivity index (χ0n) is 16.7. The summed E-state index contributed by atoms with van der Waals surface area (Å²) in [5.74, 6) is 1.50. The second kappa shape index (κ2) is 8.69. The minimum Gasteiger partial charge on any atom is -0.494 e. The smallest absolute Gasteiger partial charge is 0.322 e. The van der Waals surface area contributed by atoms with Gasteiger partial charge in [0.15, 0.2) is 17.1 Å². The number of benzene rings is 2. The van der Waals surface area contributed by atoms with Crippen LogP contribution in [0, 0.1) is 0 Å². The van der Waals surface area contributed by atoms with Crippen molar-refractivity contribution in [1.82, 2.24) is 10.2 Å². The number of hydrogen-bond donors (Lipinski definition) is 1. The molecule has 0 spiro atoms. The van der Waals surface area contributed by atoms with E-state index in [-0.39, 0.29) is 17.8 Å². The maximum absolute atomic E-state index is 12.4. The molecule has 0 saturated heterocycles. The fourth-order valence-electron chi connectivity index (χ4n) is 2.88. The van der Waals surface area contributed by atoms with E-state index in [0.29, 0.717) is 29.3 Å². The largest absolute Gasteiger partial charge is 0.494 e. The zero-order chi connectivity index (χ0) is 20.9. The van der Waals surface area contributed by atoms with Crippen LogP contribution in [0.4, 0.5) is 6.01 Å². The van der Waals surface area contributed by atoms with E-state index in [0.717, 1.165) is 24.0 Å². The van der Waals surface area contributed by atoms with Gasteiger partial charge in [0.05, 0.1) is 13.7 Å². The number of furan rings is 1. The topological polar surface area (TPSA) is 99.6 Å². The predicted octanol–water partition coefficient (Wildman–Crippen LogP) is 4.92. The molecule has 0 aliphatic rings. The van der Waals surface area contributed by atoms with Crippen LogP contribution in [0.3, 0.4) is 0 Å². The number of fused-ring (bicyclic) bond motifs is 1. The quantitative estimate of drug-likeness (QED) is 0.414. The van der Waals surface area contributed by atoms with Crippen LogP contribution in [0.5, 0.6) is 11.5 Å². The number of carbonyl (C=O) groups is 1. The molecule has 2 heterocycles. The molecule has 30 heavy (non-hydrogen) atoms. The minimum absolute atomic E-state index is 0.0225. The predicted molar refractivity (Wildman–Crippen MR) is 111 cm³/mol. The van der Waals surface area contributed by atoms with Gasteiger partial charge in [-0.2, -0.15) is 0 Å². The van der Waals surface area contributed by atoms with Crippen molar-refractivity contribution in [2.45, 2.75) is 19.8 Å². The van der Waals surface area contributed by atoms with Crippen LogP contribution in [-0.2, 0) is 0 Å². The molecule has 1 N–H and O–H groups in total. The van der Waals surface area contributed by atoms with Crippen LogP contribution in [0.2, 0.25) is 0 Å². The summed E-state index contributed by atoms with van der Waals surface area (Å²) < 4.78 is 22.2. The van der Waals surface area contributed by atoms with Crippen molar-refractivity contribution in [2.24, 2.45) is 0 Å². The van der Waals surface area contributed by atoms with Gasteiger partial charge < -0.3 is 18.3 Å². The molecular weight excluding hydrogens is 386 g/mol. The number of rotatable bonds is 8. The first-order valence-electron chi connectivity index (χ1n) is 9.62. The Morgan fingerprint density at radius 2 is 1.93 bits per heavy atom. The van der Waals surface area contributed by atoms with Crippen molar-refractivity contribution in [3.63, 3.8) is 0 Å². The first kappa shape index (κ1) is 19.5. The maximum Gasteiger partial charge on any atom is 0.322 e. The number of hydrogen-bond acceptors (Lipinski definition) is 7. The maximum atomic E-state index is 12.4. The fourth-order valence-corrected chi connectivity index (χ4v) is 2.88. The number of nitrogens with zero attached hydrogens (tertiary/aromatic N) is 2. The van der Waals surface area contributed by atoms with Crippen LogP contribution >= 0.6 is 0 Å². The molecule has 0 atom stereocenters. The normalized spacial score (nSPS) is 10.9. The SMILES string of the molecule is CCCCOc1ccc(C(=O)Nc2nnc(-c3cc4cccc(OC)c4o3)o2)cc1. The van der Waals surface area contributed by atoms with E-state index in [1.807, 2.05) is 12.1 Å². The third-order valence-electron chi connectivity index (χ3n) is 4.47. The Hall–Kier alpha value is -3.81. The van der Waals surface area contributed by atoms with Gasteiger partial charge in [-0.3, -0.25) is 10.1 Å². The van der Waals surface area contributed by atoms with Crippen molar-refractivity contribution < 1.29 is 23.1 Å². The summed E-state index contributed by atoms with van der Waals surface area (Å²) in [7, 11) is 1.57. The molecule has 154 valence electrons. The second-order valence-electron chi connectivity index (χ2n) is 6.58. The summed E-state index contributed by atoms with van der Waals surface area (Å²) in [6.45, 7) is 2.76. The number of aromatic nitrogens is 2. The zero-order valence-corrected chi connectivity index (χ0v) is 16.7. The summed E-state index contributed by atoms with van der Waals surface area (Å²) in [6.07, 6.45) is 2.05. The number of ether oxygens (including phenoxy) is 2. The number of methoxy groups -OCH3 is 1. The number of carbonyl (C=O) groups excluding carboxylic acids is 1. The van der Waals surface area contributed by atoms with Gasteiger partial charge in [0.1, 0.15) is 5.75 Å². The van der Waals surface area contributed by atoms with Gasteiger partial charge in [-0.25, -0.2) is 0 Å². The molecule has 0 radical (unpaired) electrons. The Balaban J connectivity index is 1.45. The lowest BCUT2D eigenvalue weighted by atomic mass is 10.2. The molecule has 1 amide bonds. The highest BCUT2D eigenvalue weighted by Crippen LogP contribution is 2.33. The lowest BCUT2D eigenvalue weighted by molar-refractivity contribution is 0.102. The Morgan fingerprint density at radius 1 is 1.10 bits per heavy atom. The highest BCUT2D eigenvalue weighted by Gasteiger charge is 2.17. The third kappa shape index (κ3) is 4.12. The van der Waals surface area contributed by atoms with Crippen molar-refractivity contribution in [1.29, 1.82) is 0 Å². The molecule has 0 bridgehead atoms. The van der Waals surface area contributed by atoms with Gasteiger partial charge in [0, 0.05) is 10.9 Å². The standard InChI is InChI=1S/C22H21N3O5/c1-3-4-12-28-16-10-8-14(9-11-16)20(26)23-22-25-24-21(30-22)18-13-15-6-5-7-17(27-2)19(15)29-18/h5-11,13H,3-4,12H2,1-2H3,(H,23,25,26). The second-order valence-corrected chi connectivity index (χ2v) is 6.58. The van der Waals surface area contributed by atoms with E-state index in [4.69, 9.17) is 18.3 Å². The summed E-state index contributed by atoms with van der Waals surface area (Å²) in [6, 6.07) is 14.2. The van der Waals surface area contributed by atoms with E-state index in [1.54, 1.807) is 43.5 Å². The molecule has 0 saturated carbocycles. The van der Waals surface area contributed by atoms with E-state index in [9.17, 15) is 4.79 Å². The molecule has 0 aliphatic carbocycles. The monoisotopic (exact) mass is 407 g/mol. The fraction of sp³-hybridized carbons (Fsp3) is 0.227. The van der Waals surface area contributed by atoms with E-state index in [2.05, 4.69) is 22.4 Å². The van der Waals surface area contributed by atoms with Crippen LogP contribution < -0.4 is 14.8 Å². The average Bonchev–Trinajstić information content (AvgIpc) is 3.41. The number of nitrogens with one attached hydrogen (secondary N) is 1. The van der Waals surface area contributed by atoms with Crippen LogP contribution in [-0.4, -0.2) is 29.8 Å². The molecule has 0 fully saturated rings. The number of amides is 1. The number of anilines is 1. The molecule has 4 aromatic rings. The highest BCUT2D eigenvalue weighted by atomic mass is 16.5. The van der Waals surface area contributed by atoms with Gasteiger partial charge in [0.2, 0.25) is 0 Å². The van der Waals surface area contributed by atoms with Gasteiger partial charge in [-0.1, -0.05) is 30.6 Å². The van der Waals surface area contributed by atoms with E-state index >= 15 is 0 Å². The van der Waals surface area contributed by atoms with Crippen molar-refractivity contribution in [3.8, 4) is 23.1 Å². The van der Waals surface area contributed by atoms with E-state index in [1.165, 1.54) is 0 Å². The van der Waals surface area contributed by atoms with Crippen molar-refractivity contribution in [3.05, 3.63) is 54.1 Å². The van der Waals surface area contributed by atoms with Crippen LogP contribution in [0.15, 0.2) is 57.4 Å². The van der Waals surface area contributed by atoms with Crippen molar-refractivity contribution >= 4 is 22.9 Å². The highest BCUT2D eigenvalue weighted by molar-refractivity contribution is 6.03.